The van der Waals surface area contributed by atoms with Gasteiger partial charge in [0.2, 0.25) is 0 Å². The van der Waals surface area contributed by atoms with E-state index in [0.29, 0.717) is 18.8 Å². The van der Waals surface area contributed by atoms with E-state index in [2.05, 4.69) is 4.98 Å². The molecule has 0 unspecified atom stereocenters. The summed E-state index contributed by atoms with van der Waals surface area (Å²) in [4.78, 5) is 26.3. The molecule has 0 radical (unpaired) electrons. The molecule has 18 heavy (non-hydrogen) atoms. The molecule has 6 nitrogen and oxygen atoms in total. The Balaban J connectivity index is 2.84. The Kier molecular flexibility index (Phi) is 5.15. The second-order valence-electron chi connectivity index (χ2n) is 4.15. The van der Waals surface area contributed by atoms with Gasteiger partial charge in [0.05, 0.1) is 0 Å². The molecule has 7 heteroatoms. The maximum absolute atomic E-state index is 12.2. The zero-order valence-electron chi connectivity index (χ0n) is 10.4. The number of nitrogens with zero attached hydrogens (tertiary/aromatic N) is 2. The number of nitro groups is 1. The molecule has 1 N–H and O–H groups in total. The van der Waals surface area contributed by atoms with Crippen LogP contribution in [0.2, 0.25) is 0 Å². The van der Waals surface area contributed by atoms with E-state index in [1.807, 2.05) is 13.8 Å². The molecule has 1 rings (SSSR count). The molecule has 0 atom stereocenters. The number of amides is 1. The Hall–Kier alpha value is -1.56. The summed E-state index contributed by atoms with van der Waals surface area (Å²) in [5.74, 6) is 0.0455. The van der Waals surface area contributed by atoms with Crippen LogP contribution in [0, 0.1) is 10.1 Å². The Morgan fingerprint density at radius 1 is 1.56 bits per heavy atom. The summed E-state index contributed by atoms with van der Waals surface area (Å²) in [6.45, 7) is 4.32. The van der Waals surface area contributed by atoms with Crippen LogP contribution in [0.25, 0.3) is 0 Å². The van der Waals surface area contributed by atoms with Crippen LogP contribution < -0.4 is 0 Å². The van der Waals surface area contributed by atoms with E-state index >= 15 is 0 Å². The lowest BCUT2D eigenvalue weighted by Crippen LogP contribution is -2.38. The van der Waals surface area contributed by atoms with E-state index in [-0.39, 0.29) is 23.5 Å². The van der Waals surface area contributed by atoms with Gasteiger partial charge < -0.3 is 15.0 Å². The fourth-order valence-corrected chi connectivity index (χ4v) is 1.71. The molecule has 1 amide bonds. The van der Waals surface area contributed by atoms with Crippen molar-refractivity contribution < 1.29 is 9.72 Å². The van der Waals surface area contributed by atoms with Crippen molar-refractivity contribution in [2.45, 2.75) is 26.3 Å². The summed E-state index contributed by atoms with van der Waals surface area (Å²) in [5.41, 5.74) is 0.227. The highest BCUT2D eigenvalue weighted by Gasteiger charge is 2.23. The molecule has 1 aromatic heterocycles. The van der Waals surface area contributed by atoms with Gasteiger partial charge in [-0.25, -0.2) is 4.98 Å². The molecule has 0 aromatic carbocycles. The highest BCUT2D eigenvalue weighted by Crippen LogP contribution is 2.14. The van der Waals surface area contributed by atoms with E-state index in [0.717, 1.165) is 0 Å². The van der Waals surface area contributed by atoms with Crippen molar-refractivity contribution in [2.24, 2.45) is 0 Å². The Bertz CT molecular complexity index is 431. The monoisotopic (exact) mass is 273 g/mol. The normalized spacial score (nSPS) is 10.7. The van der Waals surface area contributed by atoms with Gasteiger partial charge in [0.25, 0.3) is 5.91 Å². The van der Waals surface area contributed by atoms with Gasteiger partial charge in [0, 0.05) is 24.5 Å². The minimum absolute atomic E-state index is 0.0167. The number of nitrogens with one attached hydrogen (secondary N) is 1. The van der Waals surface area contributed by atoms with Crippen molar-refractivity contribution in [3.05, 3.63) is 27.9 Å². The van der Waals surface area contributed by atoms with Gasteiger partial charge in [0.15, 0.2) is 5.69 Å². The Labute approximate surface area is 110 Å². The van der Waals surface area contributed by atoms with E-state index < -0.39 is 4.92 Å². The minimum Gasteiger partial charge on any atom is -0.358 e. The smallest absolute Gasteiger partial charge is 0.321 e. The molecule has 0 fully saturated rings. The van der Waals surface area contributed by atoms with Gasteiger partial charge in [-0.05, 0) is 31.3 Å². The van der Waals surface area contributed by atoms with Crippen LogP contribution in [0.1, 0.15) is 30.8 Å². The van der Waals surface area contributed by atoms with Gasteiger partial charge in [-0.2, -0.15) is 0 Å². The summed E-state index contributed by atoms with van der Waals surface area (Å²) in [6.07, 6.45) is 0.689. The third-order valence-electron chi connectivity index (χ3n) is 2.51. The average molecular weight is 274 g/mol. The maximum Gasteiger partial charge on any atom is 0.321 e. The van der Waals surface area contributed by atoms with Crippen molar-refractivity contribution in [1.82, 2.24) is 9.88 Å². The SMILES string of the molecule is CC(C)N(CCCCl)C(=O)c1ccc([N+](=O)[O-])[nH]1. The molecule has 100 valence electrons. The molecule has 0 saturated heterocycles. The van der Waals surface area contributed by atoms with Gasteiger partial charge in [-0.15, -0.1) is 11.6 Å². The molecule has 1 heterocycles. The first kappa shape index (κ1) is 14.5. The first-order valence-electron chi connectivity index (χ1n) is 5.67. The molecule has 0 saturated carbocycles. The van der Waals surface area contributed by atoms with Crippen molar-refractivity contribution in [3.63, 3.8) is 0 Å². The molecule has 0 spiro atoms. The molecule has 0 aliphatic heterocycles. The van der Waals surface area contributed by atoms with Crippen molar-refractivity contribution in [1.29, 1.82) is 0 Å². The maximum atomic E-state index is 12.2. The van der Waals surface area contributed by atoms with Gasteiger partial charge >= 0.3 is 5.82 Å². The van der Waals surface area contributed by atoms with E-state index in [1.54, 1.807) is 4.90 Å². The number of hydrogen-bond acceptors (Lipinski definition) is 3. The Morgan fingerprint density at radius 3 is 2.67 bits per heavy atom. The van der Waals surface area contributed by atoms with Crippen molar-refractivity contribution in [2.75, 3.05) is 12.4 Å². The topological polar surface area (TPSA) is 79.2 Å². The summed E-state index contributed by atoms with van der Waals surface area (Å²) in [6, 6.07) is 2.73. The van der Waals surface area contributed by atoms with Crippen LogP contribution in [0.4, 0.5) is 5.82 Å². The molecule has 0 bridgehead atoms. The zero-order chi connectivity index (χ0) is 13.7. The average Bonchev–Trinajstić information content (AvgIpc) is 2.78. The van der Waals surface area contributed by atoms with Crippen molar-refractivity contribution in [3.8, 4) is 0 Å². The number of alkyl halides is 1. The molecular formula is C11H16ClN3O3. The van der Waals surface area contributed by atoms with E-state index in [1.165, 1.54) is 12.1 Å². The van der Waals surface area contributed by atoms with E-state index in [9.17, 15) is 14.9 Å². The standard InChI is InChI=1S/C11H16ClN3O3/c1-8(2)14(7-3-6-12)11(16)9-4-5-10(13-9)15(17)18/h4-5,8,13H,3,6-7H2,1-2H3. The first-order chi connectivity index (χ1) is 8.47. The lowest BCUT2D eigenvalue weighted by Gasteiger charge is -2.25. The number of rotatable bonds is 6. The van der Waals surface area contributed by atoms with Crippen LogP contribution in [0.15, 0.2) is 12.1 Å². The summed E-state index contributed by atoms with van der Waals surface area (Å²) in [5, 5.41) is 10.5. The number of aromatic amines is 1. The highest BCUT2D eigenvalue weighted by atomic mass is 35.5. The molecular weight excluding hydrogens is 258 g/mol. The van der Waals surface area contributed by atoms with Gasteiger partial charge in [-0.3, -0.25) is 4.79 Å². The van der Waals surface area contributed by atoms with Crippen LogP contribution in [-0.4, -0.2) is 39.2 Å². The third-order valence-corrected chi connectivity index (χ3v) is 2.78. The van der Waals surface area contributed by atoms with Crippen LogP contribution >= 0.6 is 11.6 Å². The number of halogens is 1. The van der Waals surface area contributed by atoms with Gasteiger partial charge in [-0.1, -0.05) is 0 Å². The second kappa shape index (κ2) is 6.39. The summed E-state index contributed by atoms with van der Waals surface area (Å²) >= 11 is 5.61. The zero-order valence-corrected chi connectivity index (χ0v) is 11.1. The first-order valence-corrected chi connectivity index (χ1v) is 6.21. The fraction of sp³-hybridized carbons (Fsp3) is 0.545. The number of H-pyrrole nitrogens is 1. The van der Waals surface area contributed by atoms with Crippen molar-refractivity contribution >= 4 is 23.3 Å². The predicted octanol–water partition coefficient (Wildman–Crippen LogP) is 2.40. The van der Waals surface area contributed by atoms with Crippen LogP contribution in [0.5, 0.6) is 0 Å². The number of aromatic nitrogens is 1. The Morgan fingerprint density at radius 2 is 2.22 bits per heavy atom. The fourth-order valence-electron chi connectivity index (χ4n) is 1.59. The minimum atomic E-state index is -0.560. The van der Waals surface area contributed by atoms with Crippen LogP contribution in [-0.2, 0) is 0 Å². The molecule has 1 aromatic rings. The lowest BCUT2D eigenvalue weighted by atomic mass is 10.2. The lowest BCUT2D eigenvalue weighted by molar-refractivity contribution is -0.389. The molecule has 0 aliphatic carbocycles. The highest BCUT2D eigenvalue weighted by molar-refractivity contribution is 6.17. The number of hydrogen-bond donors (Lipinski definition) is 1. The largest absolute Gasteiger partial charge is 0.358 e. The summed E-state index contributed by atoms with van der Waals surface area (Å²) in [7, 11) is 0. The summed E-state index contributed by atoms with van der Waals surface area (Å²) < 4.78 is 0. The van der Waals surface area contributed by atoms with Gasteiger partial charge in [0.1, 0.15) is 0 Å². The predicted molar refractivity (Wildman–Crippen MR) is 69.0 cm³/mol. The quantitative estimate of drug-likeness (QED) is 0.491. The third kappa shape index (κ3) is 3.46. The van der Waals surface area contributed by atoms with Crippen LogP contribution in [0.3, 0.4) is 0 Å². The number of carbonyl (C=O) groups is 1. The molecule has 0 aliphatic rings. The number of carbonyl (C=O) groups excluding carboxylic acids is 1. The second-order valence-corrected chi connectivity index (χ2v) is 4.53. The van der Waals surface area contributed by atoms with E-state index in [4.69, 9.17) is 11.6 Å².